The van der Waals surface area contributed by atoms with Crippen molar-refractivity contribution >= 4 is 21.8 Å². The first-order valence-electron chi connectivity index (χ1n) is 5.29. The first-order chi connectivity index (χ1) is 7.61. The zero-order valence-corrected chi connectivity index (χ0v) is 10.6. The number of nitrogens with zero attached hydrogens (tertiary/aromatic N) is 1. The second-order valence-corrected chi connectivity index (χ2v) is 4.93. The lowest BCUT2D eigenvalue weighted by atomic mass is 10.0. The zero-order valence-electron chi connectivity index (χ0n) is 9.06. The number of aliphatic hydroxyl groups excluding tert-OH is 1. The van der Waals surface area contributed by atoms with Crippen molar-refractivity contribution in [3.8, 4) is 0 Å². The minimum Gasteiger partial charge on any atom is -0.386 e. The fourth-order valence-corrected chi connectivity index (χ4v) is 2.64. The smallest absolute Gasteiger partial charge is 0.222 e. The average Bonchev–Trinajstić information content (AvgIpc) is 2.60. The summed E-state index contributed by atoms with van der Waals surface area (Å²) in [5.41, 5.74) is 0.842. The third-order valence-corrected chi connectivity index (χ3v) is 3.86. The van der Waals surface area contributed by atoms with Crippen molar-refractivity contribution in [3.63, 3.8) is 0 Å². The van der Waals surface area contributed by atoms with Crippen molar-refractivity contribution < 1.29 is 9.90 Å². The molecule has 1 heterocycles. The number of hydrogen-bond donors (Lipinski definition) is 1. The molecule has 0 radical (unpaired) electrons. The Hall–Kier alpha value is -0.870. The molecule has 1 N–H and O–H groups in total. The molecular weight excluding hydrogens is 270 g/mol. The van der Waals surface area contributed by atoms with E-state index < -0.39 is 6.10 Å². The second-order valence-electron chi connectivity index (χ2n) is 4.08. The number of amides is 1. The number of carbonyl (C=O) groups is 1. The molecule has 1 aliphatic heterocycles. The number of aliphatic hydroxyl groups is 1. The summed E-state index contributed by atoms with van der Waals surface area (Å²) in [7, 11) is 1.75. The molecule has 4 heteroatoms. The van der Waals surface area contributed by atoms with Crippen LogP contribution in [0, 0.1) is 0 Å². The first-order valence-corrected chi connectivity index (χ1v) is 6.08. The van der Waals surface area contributed by atoms with Gasteiger partial charge in [-0.3, -0.25) is 4.79 Å². The molecule has 2 atom stereocenters. The number of hydrogen-bond acceptors (Lipinski definition) is 2. The topological polar surface area (TPSA) is 40.5 Å². The number of halogens is 1. The number of likely N-dealkylation sites (N-methyl/N-ethyl adjacent to an activating group) is 1. The summed E-state index contributed by atoms with van der Waals surface area (Å²) in [6, 6.07) is 7.47. The van der Waals surface area contributed by atoms with E-state index in [1.165, 1.54) is 0 Å². The van der Waals surface area contributed by atoms with Crippen LogP contribution in [0.25, 0.3) is 0 Å². The summed E-state index contributed by atoms with van der Waals surface area (Å²) in [4.78, 5) is 13.1. The van der Waals surface area contributed by atoms with Crippen LogP contribution >= 0.6 is 15.9 Å². The first kappa shape index (κ1) is 11.6. The van der Waals surface area contributed by atoms with E-state index >= 15 is 0 Å². The second kappa shape index (κ2) is 4.55. The van der Waals surface area contributed by atoms with E-state index in [0.29, 0.717) is 6.42 Å². The molecule has 86 valence electrons. The van der Waals surface area contributed by atoms with Crippen molar-refractivity contribution in [1.29, 1.82) is 0 Å². The largest absolute Gasteiger partial charge is 0.386 e. The van der Waals surface area contributed by atoms with E-state index in [9.17, 15) is 9.90 Å². The molecule has 1 fully saturated rings. The van der Waals surface area contributed by atoms with Gasteiger partial charge in [-0.15, -0.1) is 0 Å². The molecule has 1 aliphatic rings. The molecule has 1 saturated heterocycles. The summed E-state index contributed by atoms with van der Waals surface area (Å²) >= 11 is 3.42. The van der Waals surface area contributed by atoms with Gasteiger partial charge in [0.05, 0.1) is 6.04 Å². The molecular formula is C12H14BrNO2. The van der Waals surface area contributed by atoms with Crippen molar-refractivity contribution in [3.05, 3.63) is 34.3 Å². The van der Waals surface area contributed by atoms with Crippen LogP contribution in [0.1, 0.15) is 24.5 Å². The van der Waals surface area contributed by atoms with Crippen molar-refractivity contribution in [2.75, 3.05) is 7.05 Å². The van der Waals surface area contributed by atoms with Gasteiger partial charge < -0.3 is 10.0 Å². The van der Waals surface area contributed by atoms with Gasteiger partial charge in [0.1, 0.15) is 6.10 Å². The highest BCUT2D eigenvalue weighted by atomic mass is 79.9. The quantitative estimate of drug-likeness (QED) is 0.903. The van der Waals surface area contributed by atoms with Crippen LogP contribution in [0.2, 0.25) is 0 Å². The molecule has 1 aromatic carbocycles. The minimum atomic E-state index is -0.618. The highest BCUT2D eigenvalue weighted by Gasteiger charge is 2.34. The molecule has 2 rings (SSSR count). The Morgan fingerprint density at radius 3 is 2.75 bits per heavy atom. The fourth-order valence-electron chi connectivity index (χ4n) is 2.12. The van der Waals surface area contributed by atoms with E-state index in [1.54, 1.807) is 11.9 Å². The zero-order chi connectivity index (χ0) is 11.7. The van der Waals surface area contributed by atoms with Crippen LogP contribution in [0.5, 0.6) is 0 Å². The summed E-state index contributed by atoms with van der Waals surface area (Å²) in [5, 5.41) is 10.3. The van der Waals surface area contributed by atoms with Gasteiger partial charge in [-0.1, -0.05) is 34.1 Å². The van der Waals surface area contributed by atoms with Crippen molar-refractivity contribution in [2.45, 2.75) is 25.0 Å². The summed E-state index contributed by atoms with van der Waals surface area (Å²) in [6.07, 6.45) is 0.632. The monoisotopic (exact) mass is 283 g/mol. The molecule has 16 heavy (non-hydrogen) atoms. The van der Waals surface area contributed by atoms with Crippen LogP contribution in [0.15, 0.2) is 28.7 Å². The van der Waals surface area contributed by atoms with E-state index in [0.717, 1.165) is 16.5 Å². The number of carbonyl (C=O) groups excluding carboxylic acids is 1. The van der Waals surface area contributed by atoms with Gasteiger partial charge >= 0.3 is 0 Å². The van der Waals surface area contributed by atoms with Crippen LogP contribution in [0.4, 0.5) is 0 Å². The Kier molecular flexibility index (Phi) is 3.30. The third-order valence-electron chi connectivity index (χ3n) is 3.13. The molecule has 0 unspecified atom stereocenters. The molecule has 1 aromatic rings. The summed E-state index contributed by atoms with van der Waals surface area (Å²) in [5.74, 6) is 0.108. The maximum absolute atomic E-state index is 11.4. The van der Waals surface area contributed by atoms with Gasteiger partial charge in [-0.2, -0.15) is 0 Å². The van der Waals surface area contributed by atoms with Crippen LogP contribution in [-0.4, -0.2) is 29.0 Å². The van der Waals surface area contributed by atoms with Gasteiger partial charge in [0.15, 0.2) is 0 Å². The van der Waals surface area contributed by atoms with Crippen molar-refractivity contribution in [1.82, 2.24) is 4.90 Å². The Morgan fingerprint density at radius 2 is 2.19 bits per heavy atom. The van der Waals surface area contributed by atoms with E-state index in [-0.39, 0.29) is 11.9 Å². The highest BCUT2D eigenvalue weighted by molar-refractivity contribution is 9.10. The van der Waals surface area contributed by atoms with Gasteiger partial charge in [0.25, 0.3) is 0 Å². The molecule has 0 aliphatic carbocycles. The van der Waals surface area contributed by atoms with Crippen LogP contribution in [-0.2, 0) is 4.79 Å². The number of rotatable bonds is 2. The molecule has 3 nitrogen and oxygen atoms in total. The SMILES string of the molecule is CN1C(=O)CC[C@@H]1[C@H](O)c1ccccc1Br. The highest BCUT2D eigenvalue weighted by Crippen LogP contribution is 2.32. The molecule has 1 amide bonds. The maximum atomic E-state index is 11.4. The Morgan fingerprint density at radius 1 is 1.50 bits per heavy atom. The normalized spacial score (nSPS) is 22.6. The van der Waals surface area contributed by atoms with Gasteiger partial charge in [-0.05, 0) is 18.1 Å². The molecule has 0 aromatic heterocycles. The Balaban J connectivity index is 2.23. The Labute approximate surface area is 103 Å². The van der Waals surface area contributed by atoms with Gasteiger partial charge in [0, 0.05) is 17.9 Å². The maximum Gasteiger partial charge on any atom is 0.222 e. The lowest BCUT2D eigenvalue weighted by Crippen LogP contribution is -2.33. The predicted octanol–water partition coefficient (Wildman–Crippen LogP) is 2.10. The lowest BCUT2D eigenvalue weighted by Gasteiger charge is -2.26. The predicted molar refractivity (Wildman–Crippen MR) is 64.9 cm³/mol. The fraction of sp³-hybridized carbons (Fsp3) is 0.417. The van der Waals surface area contributed by atoms with Gasteiger partial charge in [0.2, 0.25) is 5.91 Å². The Bertz CT molecular complexity index is 408. The third kappa shape index (κ3) is 1.99. The van der Waals surface area contributed by atoms with Gasteiger partial charge in [-0.25, -0.2) is 0 Å². The molecule has 0 bridgehead atoms. The number of benzene rings is 1. The van der Waals surface area contributed by atoms with E-state index in [1.807, 2.05) is 24.3 Å². The standard InChI is InChI=1S/C12H14BrNO2/c1-14-10(6-7-11(14)15)12(16)8-4-2-3-5-9(8)13/h2-5,10,12,16H,6-7H2,1H3/t10-,12-/m1/s1. The number of likely N-dealkylation sites (tertiary alicyclic amines) is 1. The molecule has 0 spiro atoms. The summed E-state index contributed by atoms with van der Waals surface area (Å²) in [6.45, 7) is 0. The minimum absolute atomic E-state index is 0.105. The molecule has 0 saturated carbocycles. The van der Waals surface area contributed by atoms with E-state index in [4.69, 9.17) is 0 Å². The van der Waals surface area contributed by atoms with Crippen LogP contribution in [0.3, 0.4) is 0 Å². The summed E-state index contributed by atoms with van der Waals surface area (Å²) < 4.78 is 0.884. The van der Waals surface area contributed by atoms with Crippen LogP contribution < -0.4 is 0 Å². The average molecular weight is 284 g/mol. The van der Waals surface area contributed by atoms with Crippen molar-refractivity contribution in [2.24, 2.45) is 0 Å². The lowest BCUT2D eigenvalue weighted by molar-refractivity contribution is -0.128. The van der Waals surface area contributed by atoms with E-state index in [2.05, 4.69) is 15.9 Å².